The van der Waals surface area contributed by atoms with Crippen LogP contribution in [0.3, 0.4) is 0 Å². The molecule has 2 aromatic carbocycles. The number of carbonyl (C=O) groups excluding carboxylic acids is 1. The number of nitrogens with one attached hydrogen (secondary N) is 1. The molecule has 0 radical (unpaired) electrons. The number of alkyl carbamates (subject to hydrolysis) is 1. The fourth-order valence-corrected chi connectivity index (χ4v) is 5.28. The van der Waals surface area contributed by atoms with E-state index in [0.29, 0.717) is 30.2 Å². The molecule has 0 aliphatic rings. The summed E-state index contributed by atoms with van der Waals surface area (Å²) in [5, 5.41) is 13.8. The number of aliphatic hydroxyl groups is 1. The molecule has 0 spiro atoms. The largest absolute Gasteiger partial charge is 0.466 e. The molecule has 2 N–H and O–H groups in total. The Labute approximate surface area is 231 Å². The highest BCUT2D eigenvalue weighted by atomic mass is 35.5. The maximum atomic E-state index is 12.5. The summed E-state index contributed by atoms with van der Waals surface area (Å²) in [5.74, 6) is 1.16. The summed E-state index contributed by atoms with van der Waals surface area (Å²) in [6, 6.07) is 12.2. The van der Waals surface area contributed by atoms with Crippen molar-refractivity contribution in [2.24, 2.45) is 0 Å². The molecule has 8 heteroatoms. The Morgan fingerprint density at radius 2 is 1.86 bits per heavy atom. The number of hydrogen-bond donors (Lipinski definition) is 2. The van der Waals surface area contributed by atoms with Gasteiger partial charge in [0.1, 0.15) is 11.4 Å². The molecule has 206 valence electrons. The zero-order valence-corrected chi connectivity index (χ0v) is 24.7. The minimum absolute atomic E-state index is 0.177. The quantitative estimate of drug-likeness (QED) is 0.250. The first-order chi connectivity index (χ1) is 17.4. The molecule has 0 aliphatic carbocycles. The van der Waals surface area contributed by atoms with E-state index in [-0.39, 0.29) is 13.4 Å². The Balaban J connectivity index is 2.19. The Hall–Kier alpha value is -1.93. The van der Waals surface area contributed by atoms with E-state index in [9.17, 15) is 9.90 Å². The van der Waals surface area contributed by atoms with Crippen molar-refractivity contribution in [3.8, 4) is 5.75 Å². The van der Waals surface area contributed by atoms with E-state index in [1.54, 1.807) is 18.9 Å². The Bertz CT molecular complexity index is 1020. The lowest BCUT2D eigenvalue weighted by molar-refractivity contribution is 0.0373. The number of halogens is 1. The number of methoxy groups -OCH3 is 1. The minimum Gasteiger partial charge on any atom is -0.466 e. The van der Waals surface area contributed by atoms with Crippen LogP contribution < -0.4 is 10.1 Å². The second-order valence-electron chi connectivity index (χ2n) is 10.6. The van der Waals surface area contributed by atoms with Gasteiger partial charge in [0, 0.05) is 17.0 Å². The standard InChI is InChI=1S/C29H42ClNO5S/c1-8-14-29(18-32,31-27(33)36-28(4,5)6)15-13-21-9-11-23(17-24(21)30)37-26-16-22(20(2)3)10-12-25(26)35-19-34-7/h9-12,16-17,20,32H,8,13-15,18-19H2,1-7H3,(H,31,33). The molecule has 0 saturated carbocycles. The van der Waals surface area contributed by atoms with Crippen molar-refractivity contribution in [1.29, 1.82) is 0 Å². The zero-order chi connectivity index (χ0) is 27.6. The number of benzene rings is 2. The minimum atomic E-state index is -0.779. The third-order valence-electron chi connectivity index (χ3n) is 5.89. The number of rotatable bonds is 13. The van der Waals surface area contributed by atoms with E-state index in [2.05, 4.69) is 31.3 Å². The average Bonchev–Trinajstić information content (AvgIpc) is 2.81. The van der Waals surface area contributed by atoms with E-state index < -0.39 is 17.2 Å². The number of aliphatic hydroxyl groups excluding tert-OH is 1. The number of carbonyl (C=O) groups is 1. The Morgan fingerprint density at radius 1 is 1.14 bits per heavy atom. The summed E-state index contributed by atoms with van der Waals surface area (Å²) in [6.45, 7) is 11.8. The van der Waals surface area contributed by atoms with Crippen molar-refractivity contribution in [2.45, 2.75) is 94.1 Å². The number of ether oxygens (including phenoxy) is 3. The molecular weight excluding hydrogens is 510 g/mol. The van der Waals surface area contributed by atoms with E-state index in [1.807, 2.05) is 52.0 Å². The molecule has 0 aliphatic heterocycles. The summed E-state index contributed by atoms with van der Waals surface area (Å²) in [5.41, 5.74) is 0.789. The highest BCUT2D eigenvalue weighted by Crippen LogP contribution is 2.39. The highest BCUT2D eigenvalue weighted by Gasteiger charge is 2.32. The van der Waals surface area contributed by atoms with Crippen molar-refractivity contribution in [1.82, 2.24) is 5.32 Å². The lowest BCUT2D eigenvalue weighted by Gasteiger charge is -2.34. The predicted molar refractivity (Wildman–Crippen MR) is 151 cm³/mol. The van der Waals surface area contributed by atoms with Gasteiger partial charge in [0.25, 0.3) is 0 Å². The number of amides is 1. The van der Waals surface area contributed by atoms with E-state index in [4.69, 9.17) is 25.8 Å². The van der Waals surface area contributed by atoms with Crippen molar-refractivity contribution < 1.29 is 24.1 Å². The van der Waals surface area contributed by atoms with Gasteiger partial charge in [-0.25, -0.2) is 4.79 Å². The first-order valence-corrected chi connectivity index (χ1v) is 14.0. The fourth-order valence-electron chi connectivity index (χ4n) is 3.95. The van der Waals surface area contributed by atoms with Crippen LogP contribution in [-0.4, -0.2) is 42.8 Å². The molecule has 2 aromatic rings. The molecular formula is C29H42ClNO5S. The fraction of sp³-hybridized carbons (Fsp3) is 0.552. The average molecular weight is 552 g/mol. The molecule has 1 amide bonds. The van der Waals surface area contributed by atoms with Crippen molar-refractivity contribution in [3.05, 3.63) is 52.5 Å². The van der Waals surface area contributed by atoms with Crippen LogP contribution >= 0.6 is 23.4 Å². The van der Waals surface area contributed by atoms with Crippen molar-refractivity contribution in [2.75, 3.05) is 20.5 Å². The Kier molecular flexibility index (Phi) is 12.1. The van der Waals surface area contributed by atoms with Crippen LogP contribution in [0.1, 0.15) is 77.8 Å². The molecule has 0 bridgehead atoms. The van der Waals surface area contributed by atoms with Crippen molar-refractivity contribution >= 4 is 29.5 Å². The normalized spacial score (nSPS) is 13.4. The number of aryl methyl sites for hydroxylation is 1. The van der Waals surface area contributed by atoms with Gasteiger partial charge in [0.2, 0.25) is 0 Å². The monoisotopic (exact) mass is 551 g/mol. The highest BCUT2D eigenvalue weighted by molar-refractivity contribution is 7.99. The maximum Gasteiger partial charge on any atom is 0.408 e. The van der Waals surface area contributed by atoms with Crippen LogP contribution in [0.25, 0.3) is 0 Å². The SMILES string of the molecule is CCCC(CO)(CCc1ccc(Sc2cc(C(C)C)ccc2OCOC)cc1Cl)NC(=O)OC(C)(C)C. The molecule has 0 fully saturated rings. The smallest absolute Gasteiger partial charge is 0.408 e. The van der Waals surface area contributed by atoms with Crippen LogP contribution in [0, 0.1) is 0 Å². The molecule has 6 nitrogen and oxygen atoms in total. The van der Waals surface area contributed by atoms with Gasteiger partial charge in [-0.1, -0.05) is 62.7 Å². The van der Waals surface area contributed by atoms with Crippen LogP contribution in [0.5, 0.6) is 5.75 Å². The molecule has 2 rings (SSSR count). The summed E-state index contributed by atoms with van der Waals surface area (Å²) in [7, 11) is 1.60. The third kappa shape index (κ3) is 10.0. The molecule has 1 unspecified atom stereocenters. The van der Waals surface area contributed by atoms with E-state index in [1.165, 1.54) is 5.56 Å². The first kappa shape index (κ1) is 31.3. The van der Waals surface area contributed by atoms with Gasteiger partial charge >= 0.3 is 6.09 Å². The maximum absolute atomic E-state index is 12.5. The van der Waals surface area contributed by atoms with Gasteiger partial charge in [-0.3, -0.25) is 0 Å². The summed E-state index contributed by atoms with van der Waals surface area (Å²) >= 11 is 8.29. The van der Waals surface area contributed by atoms with Gasteiger partial charge < -0.3 is 24.6 Å². The Morgan fingerprint density at radius 3 is 2.43 bits per heavy atom. The van der Waals surface area contributed by atoms with E-state index in [0.717, 1.165) is 27.5 Å². The lowest BCUT2D eigenvalue weighted by Crippen LogP contribution is -2.53. The first-order valence-electron chi connectivity index (χ1n) is 12.8. The summed E-state index contributed by atoms with van der Waals surface area (Å²) < 4.78 is 16.3. The van der Waals surface area contributed by atoms with Crippen LogP contribution in [0.15, 0.2) is 46.2 Å². The second-order valence-corrected chi connectivity index (χ2v) is 12.1. The summed E-state index contributed by atoms with van der Waals surface area (Å²) in [4.78, 5) is 14.5. The predicted octanol–water partition coefficient (Wildman–Crippen LogP) is 7.59. The molecule has 0 aromatic heterocycles. The molecule has 0 heterocycles. The lowest BCUT2D eigenvalue weighted by atomic mass is 9.87. The zero-order valence-electron chi connectivity index (χ0n) is 23.2. The van der Waals surface area contributed by atoms with Gasteiger partial charge in [-0.2, -0.15) is 0 Å². The van der Waals surface area contributed by atoms with E-state index >= 15 is 0 Å². The van der Waals surface area contributed by atoms with Gasteiger partial charge in [-0.05, 0) is 81.3 Å². The topological polar surface area (TPSA) is 77.0 Å². The molecule has 1 atom stereocenters. The second kappa shape index (κ2) is 14.3. The van der Waals surface area contributed by atoms with Gasteiger partial charge in [-0.15, -0.1) is 0 Å². The summed E-state index contributed by atoms with van der Waals surface area (Å²) in [6.07, 6.45) is 2.05. The number of hydrogen-bond acceptors (Lipinski definition) is 6. The van der Waals surface area contributed by atoms with Crippen LogP contribution in [0.4, 0.5) is 4.79 Å². The van der Waals surface area contributed by atoms with Gasteiger partial charge in [0.15, 0.2) is 6.79 Å². The molecule has 37 heavy (non-hydrogen) atoms. The van der Waals surface area contributed by atoms with Crippen molar-refractivity contribution in [3.63, 3.8) is 0 Å². The molecule has 0 saturated heterocycles. The van der Waals surface area contributed by atoms with Gasteiger partial charge in [0.05, 0.1) is 17.0 Å². The van der Waals surface area contributed by atoms with Crippen LogP contribution in [-0.2, 0) is 15.9 Å². The van der Waals surface area contributed by atoms with Crippen LogP contribution in [0.2, 0.25) is 5.02 Å². The third-order valence-corrected chi connectivity index (χ3v) is 7.27.